The third kappa shape index (κ3) is 2.03. The molecule has 0 aliphatic heterocycles. The molecule has 1 heterocycles. The second kappa shape index (κ2) is 4.27. The lowest BCUT2D eigenvalue weighted by molar-refractivity contribution is 0.570. The van der Waals surface area contributed by atoms with Crippen molar-refractivity contribution in [3.05, 3.63) is 24.3 Å². The molecule has 90 valence electrons. The van der Waals surface area contributed by atoms with Crippen LogP contribution in [0.5, 0.6) is 0 Å². The van der Waals surface area contributed by atoms with Crippen LogP contribution in [-0.2, 0) is 0 Å². The average Bonchev–Trinajstić information content (AvgIpc) is 3.08. The molecule has 2 N–H and O–H groups in total. The Morgan fingerprint density at radius 3 is 2.88 bits per heavy atom. The topological polar surface area (TPSA) is 42.2 Å². The maximum absolute atomic E-state index is 5.88. The van der Waals surface area contributed by atoms with Gasteiger partial charge in [-0.2, -0.15) is 0 Å². The summed E-state index contributed by atoms with van der Waals surface area (Å²) >= 11 is 1.75. The van der Waals surface area contributed by atoms with Gasteiger partial charge in [0.25, 0.3) is 0 Å². The van der Waals surface area contributed by atoms with Crippen LogP contribution in [0.1, 0.15) is 12.8 Å². The molecule has 3 nitrogen and oxygen atoms in total. The summed E-state index contributed by atoms with van der Waals surface area (Å²) in [5, 5.41) is 1.09. The van der Waals surface area contributed by atoms with Gasteiger partial charge in [0.2, 0.25) is 0 Å². The molecule has 1 aliphatic carbocycles. The van der Waals surface area contributed by atoms with Gasteiger partial charge in [-0.3, -0.25) is 0 Å². The Bertz CT molecular complexity index is 485. The van der Waals surface area contributed by atoms with E-state index in [0.29, 0.717) is 6.04 Å². The number of hydrogen-bond donors (Lipinski definition) is 1. The molecule has 0 saturated heterocycles. The minimum atomic E-state index is 0.454. The highest BCUT2D eigenvalue weighted by atomic mass is 32.1. The summed E-state index contributed by atoms with van der Waals surface area (Å²) in [7, 11) is 2.12. The quantitative estimate of drug-likeness (QED) is 0.902. The number of hydrogen-bond acceptors (Lipinski definition) is 4. The number of nitrogens with two attached hydrogens (primary N) is 1. The van der Waals surface area contributed by atoms with Gasteiger partial charge in [-0.1, -0.05) is 23.5 Å². The summed E-state index contributed by atoms with van der Waals surface area (Å²) in [5.74, 6) is 0.775. The summed E-state index contributed by atoms with van der Waals surface area (Å²) in [6.07, 6.45) is 2.63. The van der Waals surface area contributed by atoms with Crippen molar-refractivity contribution in [3.8, 4) is 0 Å². The molecule has 1 aliphatic rings. The molecular weight excluding hydrogens is 230 g/mol. The van der Waals surface area contributed by atoms with Crippen molar-refractivity contribution in [2.24, 2.45) is 11.7 Å². The number of aromatic nitrogens is 1. The maximum atomic E-state index is 5.88. The normalized spacial score (nSPS) is 17.3. The molecule has 1 aromatic heterocycles. The van der Waals surface area contributed by atoms with Gasteiger partial charge in [0.15, 0.2) is 5.13 Å². The van der Waals surface area contributed by atoms with E-state index in [9.17, 15) is 0 Å². The van der Waals surface area contributed by atoms with E-state index in [-0.39, 0.29) is 0 Å². The first-order chi connectivity index (χ1) is 8.29. The minimum Gasteiger partial charge on any atom is -0.347 e. The van der Waals surface area contributed by atoms with Crippen LogP contribution in [0, 0.1) is 5.92 Å². The average molecular weight is 247 g/mol. The maximum Gasteiger partial charge on any atom is 0.186 e. The van der Waals surface area contributed by atoms with Gasteiger partial charge >= 0.3 is 0 Å². The van der Waals surface area contributed by atoms with Crippen LogP contribution in [0.4, 0.5) is 5.13 Å². The number of para-hydroxylation sites is 1. The number of rotatable bonds is 4. The van der Waals surface area contributed by atoms with Crippen LogP contribution in [0.3, 0.4) is 0 Å². The summed E-state index contributed by atoms with van der Waals surface area (Å²) in [5.41, 5.74) is 6.97. The highest BCUT2D eigenvalue weighted by molar-refractivity contribution is 7.22. The third-order valence-corrected chi connectivity index (χ3v) is 4.62. The fourth-order valence-corrected chi connectivity index (χ4v) is 3.29. The standard InChI is InChI=1S/C13H17N3S/c1-16(11(8-14)9-6-7-9)13-15-10-4-2-3-5-12(10)17-13/h2-5,9,11H,6-8,14H2,1H3. The van der Waals surface area contributed by atoms with Gasteiger partial charge in [-0.15, -0.1) is 0 Å². The molecule has 3 rings (SSSR count). The molecule has 1 unspecified atom stereocenters. The minimum absolute atomic E-state index is 0.454. The predicted molar refractivity (Wildman–Crippen MR) is 73.6 cm³/mol. The summed E-state index contributed by atoms with van der Waals surface area (Å²) in [4.78, 5) is 6.95. The predicted octanol–water partition coefficient (Wildman–Crippen LogP) is 2.47. The lowest BCUT2D eigenvalue weighted by Gasteiger charge is -2.26. The van der Waals surface area contributed by atoms with Crippen molar-refractivity contribution < 1.29 is 0 Å². The monoisotopic (exact) mass is 247 g/mol. The molecule has 4 heteroatoms. The number of fused-ring (bicyclic) bond motifs is 1. The van der Waals surface area contributed by atoms with E-state index in [1.165, 1.54) is 17.5 Å². The Hall–Kier alpha value is -1.13. The Morgan fingerprint density at radius 2 is 2.24 bits per heavy atom. The first-order valence-corrected chi connectivity index (χ1v) is 6.89. The second-order valence-electron chi connectivity index (χ2n) is 4.72. The SMILES string of the molecule is CN(c1nc2ccccc2s1)C(CN)C1CC1. The van der Waals surface area contributed by atoms with Crippen LogP contribution in [0.25, 0.3) is 10.2 Å². The Morgan fingerprint density at radius 1 is 1.47 bits per heavy atom. The molecule has 0 amide bonds. The van der Waals surface area contributed by atoms with Gasteiger partial charge < -0.3 is 10.6 Å². The first-order valence-electron chi connectivity index (χ1n) is 6.08. The van der Waals surface area contributed by atoms with Gasteiger partial charge in [0, 0.05) is 19.6 Å². The smallest absolute Gasteiger partial charge is 0.186 e. The third-order valence-electron chi connectivity index (χ3n) is 3.49. The summed E-state index contributed by atoms with van der Waals surface area (Å²) < 4.78 is 1.25. The van der Waals surface area contributed by atoms with Crippen LogP contribution in [-0.4, -0.2) is 24.6 Å². The van der Waals surface area contributed by atoms with Gasteiger partial charge in [0.1, 0.15) is 0 Å². The van der Waals surface area contributed by atoms with Gasteiger partial charge in [0.05, 0.1) is 10.2 Å². The zero-order valence-corrected chi connectivity index (χ0v) is 10.8. The molecule has 1 fully saturated rings. The number of likely N-dealkylation sites (N-methyl/N-ethyl adjacent to an activating group) is 1. The van der Waals surface area contributed by atoms with E-state index < -0.39 is 0 Å². The lowest BCUT2D eigenvalue weighted by atomic mass is 10.2. The zero-order valence-electron chi connectivity index (χ0n) is 9.97. The van der Waals surface area contributed by atoms with E-state index in [1.54, 1.807) is 11.3 Å². The molecule has 1 atom stereocenters. The molecule has 0 radical (unpaired) electrons. The van der Waals surface area contributed by atoms with Crippen molar-refractivity contribution in [2.75, 3.05) is 18.5 Å². The van der Waals surface area contributed by atoms with Crippen molar-refractivity contribution in [2.45, 2.75) is 18.9 Å². The lowest BCUT2D eigenvalue weighted by Crippen LogP contribution is -2.39. The van der Waals surface area contributed by atoms with Crippen LogP contribution < -0.4 is 10.6 Å². The molecule has 0 spiro atoms. The number of benzene rings is 1. The van der Waals surface area contributed by atoms with Crippen LogP contribution in [0.2, 0.25) is 0 Å². The zero-order chi connectivity index (χ0) is 11.8. The van der Waals surface area contributed by atoms with Crippen LogP contribution in [0.15, 0.2) is 24.3 Å². The Labute approximate surface area is 105 Å². The van der Waals surface area contributed by atoms with Crippen LogP contribution >= 0.6 is 11.3 Å². The Kier molecular flexibility index (Phi) is 2.76. The first kappa shape index (κ1) is 11.0. The van der Waals surface area contributed by atoms with E-state index in [0.717, 1.165) is 23.1 Å². The number of nitrogens with zero attached hydrogens (tertiary/aromatic N) is 2. The highest BCUT2D eigenvalue weighted by Crippen LogP contribution is 2.37. The fraction of sp³-hybridized carbons (Fsp3) is 0.462. The largest absolute Gasteiger partial charge is 0.347 e. The van der Waals surface area contributed by atoms with Gasteiger partial charge in [-0.25, -0.2) is 4.98 Å². The summed E-state index contributed by atoms with van der Waals surface area (Å²) in [6, 6.07) is 8.74. The summed E-state index contributed by atoms with van der Waals surface area (Å²) in [6.45, 7) is 0.719. The van der Waals surface area contributed by atoms with E-state index in [4.69, 9.17) is 5.73 Å². The fourth-order valence-electron chi connectivity index (χ4n) is 2.30. The van der Waals surface area contributed by atoms with Crippen molar-refractivity contribution in [1.82, 2.24) is 4.98 Å². The molecule has 1 saturated carbocycles. The van der Waals surface area contributed by atoms with Crippen molar-refractivity contribution in [1.29, 1.82) is 0 Å². The number of anilines is 1. The van der Waals surface area contributed by atoms with Gasteiger partial charge in [-0.05, 0) is 30.9 Å². The van der Waals surface area contributed by atoms with Crippen molar-refractivity contribution >= 4 is 26.7 Å². The molecule has 1 aromatic carbocycles. The highest BCUT2D eigenvalue weighted by Gasteiger charge is 2.33. The second-order valence-corrected chi connectivity index (χ2v) is 5.72. The van der Waals surface area contributed by atoms with E-state index in [1.807, 2.05) is 6.07 Å². The molecule has 0 bridgehead atoms. The van der Waals surface area contributed by atoms with E-state index >= 15 is 0 Å². The number of thiazole rings is 1. The molecule has 17 heavy (non-hydrogen) atoms. The Balaban J connectivity index is 1.91. The molecule has 2 aromatic rings. The molecular formula is C13H17N3S. The van der Waals surface area contributed by atoms with Crippen molar-refractivity contribution in [3.63, 3.8) is 0 Å². The van der Waals surface area contributed by atoms with E-state index in [2.05, 4.69) is 35.1 Å².